The zero-order valence-electron chi connectivity index (χ0n) is 8.95. The van der Waals surface area contributed by atoms with Crippen LogP contribution in [0.15, 0.2) is 41.0 Å². The van der Waals surface area contributed by atoms with Gasteiger partial charge in [-0.25, -0.2) is 13.8 Å². The maximum absolute atomic E-state index is 13.3. The van der Waals surface area contributed by atoms with E-state index in [9.17, 15) is 13.6 Å². The monoisotopic (exact) mass is 312 g/mol. The molecule has 0 bridgehead atoms. The van der Waals surface area contributed by atoms with E-state index in [-0.39, 0.29) is 11.4 Å². The Morgan fingerprint density at radius 3 is 2.61 bits per heavy atom. The minimum Gasteiger partial charge on any atom is -0.306 e. The highest BCUT2D eigenvalue weighted by molar-refractivity contribution is 9.10. The topological polar surface area (TPSA) is 42.0 Å². The fourth-order valence-corrected chi connectivity index (χ4v) is 1.54. The van der Waals surface area contributed by atoms with Crippen LogP contribution in [-0.2, 0) is 0 Å². The van der Waals surface area contributed by atoms with Gasteiger partial charge in [0.25, 0.3) is 5.91 Å². The van der Waals surface area contributed by atoms with E-state index in [1.165, 1.54) is 6.20 Å². The fraction of sp³-hybridized carbons (Fsp3) is 0. The number of carbonyl (C=O) groups is 1. The molecule has 0 aliphatic carbocycles. The number of hydrogen-bond acceptors (Lipinski definition) is 2. The molecule has 0 saturated carbocycles. The highest BCUT2D eigenvalue weighted by atomic mass is 79.9. The molecule has 1 aromatic heterocycles. The van der Waals surface area contributed by atoms with E-state index in [1.807, 2.05) is 0 Å². The van der Waals surface area contributed by atoms with Crippen LogP contribution in [0.2, 0.25) is 0 Å². The number of amides is 1. The minimum absolute atomic E-state index is 0.235. The predicted molar refractivity (Wildman–Crippen MR) is 66.2 cm³/mol. The summed E-state index contributed by atoms with van der Waals surface area (Å²) < 4.78 is 26.8. The summed E-state index contributed by atoms with van der Waals surface area (Å²) in [6, 6.07) is 6.00. The second-order valence-electron chi connectivity index (χ2n) is 3.44. The van der Waals surface area contributed by atoms with E-state index in [2.05, 4.69) is 26.2 Å². The molecular weight excluding hydrogens is 306 g/mol. The third-order valence-corrected chi connectivity index (χ3v) is 2.61. The zero-order chi connectivity index (χ0) is 13.1. The Kier molecular flexibility index (Phi) is 3.66. The van der Waals surface area contributed by atoms with Crippen LogP contribution in [0.4, 0.5) is 14.6 Å². The molecule has 18 heavy (non-hydrogen) atoms. The summed E-state index contributed by atoms with van der Waals surface area (Å²) in [6.07, 6.45) is 1.50. The van der Waals surface area contributed by atoms with Crippen LogP contribution in [0.25, 0.3) is 0 Å². The van der Waals surface area contributed by atoms with Crippen LogP contribution >= 0.6 is 15.9 Å². The average molecular weight is 313 g/mol. The lowest BCUT2D eigenvalue weighted by molar-refractivity contribution is 0.102. The first-order chi connectivity index (χ1) is 8.56. The Labute approximate surface area is 110 Å². The van der Waals surface area contributed by atoms with Gasteiger partial charge in [-0.2, -0.15) is 0 Å². The van der Waals surface area contributed by atoms with Gasteiger partial charge in [0.05, 0.1) is 5.56 Å². The number of carbonyl (C=O) groups excluding carboxylic acids is 1. The molecule has 1 amide bonds. The van der Waals surface area contributed by atoms with Crippen LogP contribution in [0.1, 0.15) is 10.4 Å². The summed E-state index contributed by atoms with van der Waals surface area (Å²) >= 11 is 3.20. The number of benzene rings is 1. The SMILES string of the molecule is O=C(Nc1ccc(Br)cn1)c1ccc(F)cc1F. The van der Waals surface area contributed by atoms with Gasteiger partial charge in [0.2, 0.25) is 0 Å². The molecule has 0 aliphatic rings. The summed E-state index contributed by atoms with van der Waals surface area (Å²) in [5.74, 6) is -2.04. The third-order valence-electron chi connectivity index (χ3n) is 2.14. The van der Waals surface area contributed by atoms with Crippen LogP contribution in [0.3, 0.4) is 0 Å². The summed E-state index contributed by atoms with van der Waals surface area (Å²) in [6.45, 7) is 0. The van der Waals surface area contributed by atoms with Crippen molar-refractivity contribution in [1.82, 2.24) is 4.98 Å². The van der Waals surface area contributed by atoms with Crippen molar-refractivity contribution in [3.8, 4) is 0 Å². The second kappa shape index (κ2) is 5.22. The van der Waals surface area contributed by atoms with Crippen molar-refractivity contribution < 1.29 is 13.6 Å². The van der Waals surface area contributed by atoms with Crippen molar-refractivity contribution in [3.05, 3.63) is 58.2 Å². The number of nitrogens with zero attached hydrogens (tertiary/aromatic N) is 1. The smallest absolute Gasteiger partial charge is 0.259 e. The lowest BCUT2D eigenvalue weighted by Gasteiger charge is -2.05. The van der Waals surface area contributed by atoms with Gasteiger partial charge in [-0.3, -0.25) is 4.79 Å². The summed E-state index contributed by atoms with van der Waals surface area (Å²) in [4.78, 5) is 15.6. The third kappa shape index (κ3) is 2.89. The largest absolute Gasteiger partial charge is 0.306 e. The minimum atomic E-state index is -0.912. The molecule has 3 nitrogen and oxygen atoms in total. The molecule has 0 radical (unpaired) electrons. The first kappa shape index (κ1) is 12.6. The standard InChI is InChI=1S/C12H7BrF2N2O/c13-7-1-4-11(16-6-7)17-12(18)9-3-2-8(14)5-10(9)15/h1-6H,(H,16,17,18). The molecule has 6 heteroatoms. The van der Waals surface area contributed by atoms with Crippen molar-refractivity contribution in [2.45, 2.75) is 0 Å². The van der Waals surface area contributed by atoms with Crippen molar-refractivity contribution in [1.29, 1.82) is 0 Å². The molecule has 0 unspecified atom stereocenters. The average Bonchev–Trinajstić information content (AvgIpc) is 2.32. The van der Waals surface area contributed by atoms with Gasteiger partial charge in [0.15, 0.2) is 0 Å². The summed E-state index contributed by atoms with van der Waals surface area (Å²) in [7, 11) is 0. The summed E-state index contributed by atoms with van der Waals surface area (Å²) in [5.41, 5.74) is -0.235. The van der Waals surface area contributed by atoms with Crippen molar-refractivity contribution >= 4 is 27.7 Å². The van der Waals surface area contributed by atoms with Crippen molar-refractivity contribution in [3.63, 3.8) is 0 Å². The number of pyridine rings is 1. The van der Waals surface area contributed by atoms with Crippen LogP contribution < -0.4 is 5.32 Å². The normalized spacial score (nSPS) is 10.2. The Morgan fingerprint density at radius 1 is 1.22 bits per heavy atom. The molecule has 0 atom stereocenters. The summed E-state index contributed by atoms with van der Waals surface area (Å²) in [5, 5.41) is 2.41. The van der Waals surface area contributed by atoms with Gasteiger partial charge in [0, 0.05) is 16.7 Å². The molecule has 1 aromatic carbocycles. The highest BCUT2D eigenvalue weighted by Gasteiger charge is 2.12. The van der Waals surface area contributed by atoms with E-state index in [0.717, 1.165) is 16.6 Å². The Bertz CT molecular complexity index is 587. The predicted octanol–water partition coefficient (Wildman–Crippen LogP) is 3.37. The molecule has 2 aromatic rings. The number of anilines is 1. The number of aromatic nitrogens is 1. The highest BCUT2D eigenvalue weighted by Crippen LogP contribution is 2.14. The van der Waals surface area contributed by atoms with E-state index in [1.54, 1.807) is 12.1 Å². The quantitative estimate of drug-likeness (QED) is 0.923. The van der Waals surface area contributed by atoms with Gasteiger partial charge in [-0.15, -0.1) is 0 Å². The fourth-order valence-electron chi connectivity index (χ4n) is 1.31. The molecule has 2 rings (SSSR count). The van der Waals surface area contributed by atoms with Gasteiger partial charge in [-0.05, 0) is 40.2 Å². The molecule has 0 saturated heterocycles. The Balaban J connectivity index is 2.19. The van der Waals surface area contributed by atoms with E-state index >= 15 is 0 Å². The molecular formula is C12H7BrF2N2O. The molecule has 1 heterocycles. The number of halogens is 3. The van der Waals surface area contributed by atoms with Crippen LogP contribution in [0, 0.1) is 11.6 Å². The van der Waals surface area contributed by atoms with Gasteiger partial charge in [-0.1, -0.05) is 0 Å². The maximum atomic E-state index is 13.3. The first-order valence-electron chi connectivity index (χ1n) is 4.94. The Morgan fingerprint density at radius 2 is 2.00 bits per heavy atom. The van der Waals surface area contributed by atoms with Gasteiger partial charge < -0.3 is 5.32 Å². The Hall–Kier alpha value is -1.82. The van der Waals surface area contributed by atoms with Crippen molar-refractivity contribution in [2.24, 2.45) is 0 Å². The first-order valence-corrected chi connectivity index (χ1v) is 5.73. The molecule has 0 spiro atoms. The van der Waals surface area contributed by atoms with E-state index < -0.39 is 17.5 Å². The van der Waals surface area contributed by atoms with Crippen molar-refractivity contribution in [2.75, 3.05) is 5.32 Å². The van der Waals surface area contributed by atoms with Crippen LogP contribution in [-0.4, -0.2) is 10.9 Å². The number of nitrogens with one attached hydrogen (secondary N) is 1. The number of rotatable bonds is 2. The lowest BCUT2D eigenvalue weighted by atomic mass is 10.2. The van der Waals surface area contributed by atoms with E-state index in [4.69, 9.17) is 0 Å². The maximum Gasteiger partial charge on any atom is 0.259 e. The second-order valence-corrected chi connectivity index (χ2v) is 4.36. The molecule has 0 aliphatic heterocycles. The van der Waals surface area contributed by atoms with Crippen LogP contribution in [0.5, 0.6) is 0 Å². The van der Waals surface area contributed by atoms with Gasteiger partial charge in [0.1, 0.15) is 17.5 Å². The molecule has 92 valence electrons. The van der Waals surface area contributed by atoms with Gasteiger partial charge >= 0.3 is 0 Å². The molecule has 0 fully saturated rings. The zero-order valence-corrected chi connectivity index (χ0v) is 10.5. The lowest BCUT2D eigenvalue weighted by Crippen LogP contribution is -2.14. The number of hydrogen-bond donors (Lipinski definition) is 1. The molecule has 1 N–H and O–H groups in total. The van der Waals surface area contributed by atoms with E-state index in [0.29, 0.717) is 6.07 Å².